The summed E-state index contributed by atoms with van der Waals surface area (Å²) in [6.07, 6.45) is 6.31. The lowest BCUT2D eigenvalue weighted by molar-refractivity contribution is 0.0985. The van der Waals surface area contributed by atoms with E-state index in [-0.39, 0.29) is 32.1 Å². The summed E-state index contributed by atoms with van der Waals surface area (Å²) >= 11 is 12.9. The first-order chi connectivity index (χ1) is 22.0. The van der Waals surface area contributed by atoms with Crippen LogP contribution in [0.25, 0.3) is 5.69 Å². The third-order valence-electron chi connectivity index (χ3n) is 9.18. The summed E-state index contributed by atoms with van der Waals surface area (Å²) in [6.45, 7) is 5.37. The van der Waals surface area contributed by atoms with Crippen LogP contribution in [0.1, 0.15) is 60.6 Å². The SMILES string of the molecule is CCC1CCCCN1c1ccc2c(c1)CCCN2C(=O)c1cc(Cl)c(Cl)c(S(=O)(=O)Nc2c(C)n(C)n(-c3ccccc3)c2=O)c1. The molecule has 3 heterocycles. The van der Waals surface area contributed by atoms with Gasteiger partial charge in [0.05, 0.1) is 21.4 Å². The summed E-state index contributed by atoms with van der Waals surface area (Å²) in [5.41, 5.74) is 3.44. The van der Waals surface area contributed by atoms with Crippen LogP contribution in [0.2, 0.25) is 10.0 Å². The van der Waals surface area contributed by atoms with Crippen LogP contribution in [0.4, 0.5) is 17.1 Å². The van der Waals surface area contributed by atoms with Crippen LogP contribution in [0, 0.1) is 6.92 Å². The van der Waals surface area contributed by atoms with Gasteiger partial charge in [-0.1, -0.05) is 48.3 Å². The Bertz CT molecular complexity index is 1970. The van der Waals surface area contributed by atoms with Gasteiger partial charge in [0.2, 0.25) is 0 Å². The summed E-state index contributed by atoms with van der Waals surface area (Å²) in [7, 11) is -2.77. The number of benzene rings is 3. The zero-order valence-corrected chi connectivity index (χ0v) is 28.4. The first-order valence-electron chi connectivity index (χ1n) is 15.6. The van der Waals surface area contributed by atoms with E-state index in [9.17, 15) is 18.0 Å². The van der Waals surface area contributed by atoms with Gasteiger partial charge in [-0.25, -0.2) is 13.1 Å². The molecule has 1 aromatic heterocycles. The third kappa shape index (κ3) is 5.82. The molecule has 1 unspecified atom stereocenters. The number of carbonyl (C=O) groups excluding carboxylic acids is 1. The Morgan fingerprint density at radius 1 is 0.978 bits per heavy atom. The summed E-state index contributed by atoms with van der Waals surface area (Å²) in [5.74, 6) is -0.379. The molecule has 242 valence electrons. The Balaban J connectivity index is 1.32. The van der Waals surface area contributed by atoms with Crippen molar-refractivity contribution < 1.29 is 13.2 Å². The minimum absolute atomic E-state index is 0.0809. The second-order valence-corrected chi connectivity index (χ2v) is 14.4. The van der Waals surface area contributed by atoms with Crippen LogP contribution in [0.15, 0.2) is 70.4 Å². The second kappa shape index (κ2) is 12.8. The number of amides is 1. The fraction of sp³-hybridized carbons (Fsp3) is 0.353. The van der Waals surface area contributed by atoms with Crippen molar-refractivity contribution in [1.82, 2.24) is 9.36 Å². The van der Waals surface area contributed by atoms with Gasteiger partial charge >= 0.3 is 0 Å². The van der Waals surface area contributed by atoms with Crippen LogP contribution >= 0.6 is 23.2 Å². The fourth-order valence-electron chi connectivity index (χ4n) is 6.65. The smallest absolute Gasteiger partial charge is 0.296 e. The van der Waals surface area contributed by atoms with E-state index in [1.165, 1.54) is 41.8 Å². The van der Waals surface area contributed by atoms with Crippen molar-refractivity contribution in [3.05, 3.63) is 97.9 Å². The molecule has 2 aliphatic rings. The van der Waals surface area contributed by atoms with Crippen molar-refractivity contribution in [2.45, 2.75) is 63.3 Å². The predicted octanol–water partition coefficient (Wildman–Crippen LogP) is 6.95. The Hall–Kier alpha value is -3.73. The number of aryl methyl sites for hydroxylation is 1. The van der Waals surface area contributed by atoms with E-state index in [2.05, 4.69) is 28.7 Å². The van der Waals surface area contributed by atoms with Crippen LogP contribution in [0.5, 0.6) is 0 Å². The number of hydrogen-bond acceptors (Lipinski definition) is 5. The second-order valence-electron chi connectivity index (χ2n) is 11.9. The van der Waals surface area contributed by atoms with Crippen molar-refractivity contribution in [1.29, 1.82) is 0 Å². The Labute approximate surface area is 279 Å². The lowest BCUT2D eigenvalue weighted by Crippen LogP contribution is -2.39. The average molecular weight is 683 g/mol. The molecule has 2 aliphatic heterocycles. The maximum absolute atomic E-state index is 14.0. The minimum Gasteiger partial charge on any atom is -0.369 e. The minimum atomic E-state index is -4.44. The van der Waals surface area contributed by atoms with E-state index in [0.717, 1.165) is 37.1 Å². The molecular weight excluding hydrogens is 645 g/mol. The molecule has 1 amide bonds. The zero-order chi connectivity index (χ0) is 32.7. The van der Waals surface area contributed by atoms with Gasteiger partial charge in [-0.3, -0.25) is 19.0 Å². The molecule has 9 nitrogen and oxygen atoms in total. The monoisotopic (exact) mass is 681 g/mol. The van der Waals surface area contributed by atoms with Crippen LogP contribution in [-0.4, -0.2) is 42.8 Å². The summed E-state index contributed by atoms with van der Waals surface area (Å²) in [6, 6.07) is 18.3. The van der Waals surface area contributed by atoms with Crippen molar-refractivity contribution in [3.63, 3.8) is 0 Å². The molecule has 0 saturated carbocycles. The molecule has 12 heteroatoms. The Morgan fingerprint density at radius 2 is 1.74 bits per heavy atom. The van der Waals surface area contributed by atoms with Gasteiger partial charge in [0, 0.05) is 43.1 Å². The molecular formula is C34H37Cl2N5O4S. The number of nitrogens with zero attached hydrogens (tertiary/aromatic N) is 4. The number of fused-ring (bicyclic) bond motifs is 1. The Kier molecular flexibility index (Phi) is 8.98. The highest BCUT2D eigenvalue weighted by molar-refractivity contribution is 7.92. The van der Waals surface area contributed by atoms with Crippen molar-refractivity contribution in [2.24, 2.45) is 7.05 Å². The molecule has 0 aliphatic carbocycles. The summed E-state index contributed by atoms with van der Waals surface area (Å²) in [4.78, 5) is 31.2. The van der Waals surface area contributed by atoms with E-state index in [1.54, 1.807) is 47.8 Å². The van der Waals surface area contributed by atoms with Gasteiger partial charge in [0.1, 0.15) is 10.6 Å². The van der Waals surface area contributed by atoms with Crippen LogP contribution in [0.3, 0.4) is 0 Å². The van der Waals surface area contributed by atoms with Crippen molar-refractivity contribution >= 4 is 56.2 Å². The largest absolute Gasteiger partial charge is 0.369 e. The van der Waals surface area contributed by atoms with Gasteiger partial charge in [-0.05, 0) is 93.5 Å². The third-order valence-corrected chi connectivity index (χ3v) is 11.5. The summed E-state index contributed by atoms with van der Waals surface area (Å²) in [5, 5.41) is -0.318. The molecule has 0 spiro atoms. The van der Waals surface area contributed by atoms with E-state index < -0.39 is 15.6 Å². The highest BCUT2D eigenvalue weighted by Crippen LogP contribution is 2.37. The number of aromatic nitrogens is 2. The van der Waals surface area contributed by atoms with Crippen molar-refractivity contribution in [2.75, 3.05) is 27.6 Å². The molecule has 46 heavy (non-hydrogen) atoms. The highest BCUT2D eigenvalue weighted by Gasteiger charge is 2.30. The quantitative estimate of drug-likeness (QED) is 0.228. The molecule has 0 bridgehead atoms. The van der Waals surface area contributed by atoms with E-state index in [4.69, 9.17) is 23.2 Å². The maximum atomic E-state index is 14.0. The molecule has 1 fully saturated rings. The average Bonchev–Trinajstić information content (AvgIpc) is 3.27. The van der Waals surface area contributed by atoms with E-state index >= 15 is 0 Å². The van der Waals surface area contributed by atoms with Crippen molar-refractivity contribution in [3.8, 4) is 5.69 Å². The zero-order valence-electron chi connectivity index (χ0n) is 26.1. The van der Waals surface area contributed by atoms with Crippen LogP contribution in [-0.2, 0) is 23.5 Å². The molecule has 4 aromatic rings. The number of hydrogen-bond donors (Lipinski definition) is 1. The molecule has 1 saturated heterocycles. The number of nitrogens with one attached hydrogen (secondary N) is 1. The predicted molar refractivity (Wildman–Crippen MR) is 185 cm³/mol. The molecule has 1 N–H and O–H groups in total. The molecule has 1 atom stereocenters. The molecule has 3 aromatic carbocycles. The number of anilines is 3. The molecule has 0 radical (unpaired) electrons. The van der Waals surface area contributed by atoms with Gasteiger partial charge in [-0.15, -0.1) is 0 Å². The summed E-state index contributed by atoms with van der Waals surface area (Å²) < 4.78 is 32.9. The maximum Gasteiger partial charge on any atom is 0.296 e. The van der Waals surface area contributed by atoms with E-state index in [0.29, 0.717) is 24.0 Å². The normalized spacial score (nSPS) is 16.8. The fourth-order valence-corrected chi connectivity index (χ4v) is 8.58. The van der Waals surface area contributed by atoms with Crippen LogP contribution < -0.4 is 20.1 Å². The number of para-hydroxylation sites is 1. The van der Waals surface area contributed by atoms with Gasteiger partial charge in [0.15, 0.2) is 0 Å². The first kappa shape index (κ1) is 32.2. The van der Waals surface area contributed by atoms with Gasteiger partial charge < -0.3 is 9.80 Å². The van der Waals surface area contributed by atoms with E-state index in [1.807, 2.05) is 12.1 Å². The Morgan fingerprint density at radius 3 is 2.48 bits per heavy atom. The number of sulfonamides is 1. The number of rotatable bonds is 7. The first-order valence-corrected chi connectivity index (χ1v) is 17.8. The van der Waals surface area contributed by atoms with Gasteiger partial charge in [-0.2, -0.15) is 0 Å². The lowest BCUT2D eigenvalue weighted by atomic mass is 9.96. The molecule has 6 rings (SSSR count). The number of piperidine rings is 1. The lowest BCUT2D eigenvalue weighted by Gasteiger charge is -2.38. The standard InChI is InChI=1S/C34H37Cl2N5O4S/c1-4-25-12-8-9-17-39(25)27-15-16-29-23(19-27)11-10-18-40(29)33(42)24-20-28(35)31(36)30(21-24)46(44,45)37-32-22(2)38(3)41(34(32)43)26-13-6-5-7-14-26/h5-7,13-16,19-21,25,37H,4,8-12,17-18H2,1-3H3. The number of carbonyl (C=O) groups is 1. The van der Waals surface area contributed by atoms with Gasteiger partial charge in [0.25, 0.3) is 21.5 Å². The topological polar surface area (TPSA) is 96.7 Å². The number of halogens is 2. The highest BCUT2D eigenvalue weighted by atomic mass is 35.5.